The van der Waals surface area contributed by atoms with Crippen molar-refractivity contribution in [2.75, 3.05) is 0 Å². The van der Waals surface area contributed by atoms with E-state index in [2.05, 4.69) is 73.5 Å². The zero-order chi connectivity index (χ0) is 18.3. The van der Waals surface area contributed by atoms with Crippen LogP contribution in [0.15, 0.2) is 35.9 Å². The average molecular weight is 446 g/mol. The summed E-state index contributed by atoms with van der Waals surface area (Å²) in [5.74, 6) is 0.735. The SMILES string of the molecule is Cc1cc(-c2cccc3c2=CC(=CC2CCCCC2)[C-]=3)c(C)c(C)c1[Si].[Zr]. The van der Waals surface area contributed by atoms with Crippen LogP contribution in [0.1, 0.15) is 48.8 Å². The van der Waals surface area contributed by atoms with Crippen molar-refractivity contribution in [1.82, 2.24) is 0 Å². The van der Waals surface area contributed by atoms with Crippen molar-refractivity contribution in [3.05, 3.63) is 63.0 Å². The minimum Gasteiger partial charge on any atom is -0.145 e. The summed E-state index contributed by atoms with van der Waals surface area (Å²) in [4.78, 5) is 0. The van der Waals surface area contributed by atoms with Crippen molar-refractivity contribution in [2.24, 2.45) is 5.92 Å². The standard InChI is InChI=1S/C25H26Si.Zr/c1-16-12-23(17(2)18(3)25(16)26)22-11-7-10-21-14-20(15-24(21)22)13-19-8-5-4-6-9-19;/h7,10-13,15,19H,4-6,8-9H2,1-3H3;/q-1;. The molecule has 0 heterocycles. The van der Waals surface area contributed by atoms with Crippen molar-refractivity contribution in [1.29, 1.82) is 0 Å². The molecular weight excluding hydrogens is 420 g/mol. The molecule has 0 aliphatic heterocycles. The van der Waals surface area contributed by atoms with Gasteiger partial charge in [-0.15, -0.1) is 40.3 Å². The predicted octanol–water partition coefficient (Wildman–Crippen LogP) is 4.03. The predicted molar refractivity (Wildman–Crippen MR) is 113 cm³/mol. The molecule has 1 fully saturated rings. The van der Waals surface area contributed by atoms with Gasteiger partial charge in [0.1, 0.15) is 0 Å². The third-order valence-corrected chi connectivity index (χ3v) is 6.91. The fourth-order valence-electron chi connectivity index (χ4n) is 4.42. The monoisotopic (exact) mass is 444 g/mol. The Morgan fingerprint density at radius 2 is 1.74 bits per heavy atom. The number of rotatable bonds is 2. The van der Waals surface area contributed by atoms with Crippen LogP contribution >= 0.6 is 0 Å². The van der Waals surface area contributed by atoms with Gasteiger partial charge < -0.3 is 0 Å². The molecule has 0 spiro atoms. The largest absolute Gasteiger partial charge is 0.145 e. The second-order valence-corrected chi connectivity index (χ2v) is 8.42. The minimum absolute atomic E-state index is 0. The van der Waals surface area contributed by atoms with Crippen molar-refractivity contribution < 1.29 is 26.2 Å². The van der Waals surface area contributed by atoms with Crippen LogP contribution in [-0.4, -0.2) is 10.2 Å². The first-order valence-corrected chi connectivity index (χ1v) is 10.3. The summed E-state index contributed by atoms with van der Waals surface area (Å²) in [6.07, 6.45) is 15.3. The van der Waals surface area contributed by atoms with E-state index in [1.165, 1.54) is 81.1 Å². The fraction of sp³-hybridized carbons (Fsp3) is 0.360. The molecule has 2 aliphatic carbocycles. The maximum absolute atomic E-state index is 3.79. The summed E-state index contributed by atoms with van der Waals surface area (Å²) in [5, 5.41) is 3.79. The van der Waals surface area contributed by atoms with Gasteiger partial charge in [-0.05, 0) is 43.4 Å². The second-order valence-electron chi connectivity index (χ2n) is 7.92. The zero-order valence-corrected chi connectivity index (χ0v) is 20.0. The van der Waals surface area contributed by atoms with E-state index in [-0.39, 0.29) is 26.2 Å². The van der Waals surface area contributed by atoms with Gasteiger partial charge in [0.25, 0.3) is 0 Å². The number of hydrogen-bond acceptors (Lipinski definition) is 0. The van der Waals surface area contributed by atoms with E-state index in [1.54, 1.807) is 0 Å². The van der Waals surface area contributed by atoms with E-state index >= 15 is 0 Å². The molecule has 0 saturated heterocycles. The van der Waals surface area contributed by atoms with Gasteiger partial charge in [-0.3, -0.25) is 0 Å². The molecule has 1 saturated carbocycles. The van der Waals surface area contributed by atoms with Crippen molar-refractivity contribution in [3.63, 3.8) is 0 Å². The van der Waals surface area contributed by atoms with E-state index in [9.17, 15) is 0 Å². The molecule has 2 heteroatoms. The fourth-order valence-corrected chi connectivity index (χ4v) is 4.68. The van der Waals surface area contributed by atoms with Gasteiger partial charge in [-0.1, -0.05) is 66.6 Å². The quantitative estimate of drug-likeness (QED) is 0.484. The Kier molecular flexibility index (Phi) is 6.59. The molecule has 0 bridgehead atoms. The summed E-state index contributed by atoms with van der Waals surface area (Å²) in [7, 11) is 3.79. The van der Waals surface area contributed by atoms with Gasteiger partial charge in [0.05, 0.1) is 10.2 Å². The smallest absolute Gasteiger partial charge is 0.0719 e. The Hall–Kier alpha value is -0.980. The molecule has 0 amide bonds. The van der Waals surface area contributed by atoms with Crippen molar-refractivity contribution >= 4 is 27.6 Å². The van der Waals surface area contributed by atoms with Gasteiger partial charge in [0.2, 0.25) is 0 Å². The van der Waals surface area contributed by atoms with Crippen molar-refractivity contribution in [3.8, 4) is 11.1 Å². The number of hydrogen-bond donors (Lipinski definition) is 0. The molecule has 0 nitrogen and oxygen atoms in total. The zero-order valence-electron chi connectivity index (χ0n) is 16.6. The topological polar surface area (TPSA) is 0 Å². The number of fused-ring (bicyclic) bond motifs is 1. The molecule has 0 atom stereocenters. The molecule has 4 rings (SSSR count). The summed E-state index contributed by atoms with van der Waals surface area (Å²) in [6, 6.07) is 8.95. The Bertz CT molecular complexity index is 1010. The number of aryl methyl sites for hydroxylation is 1. The Labute approximate surface area is 186 Å². The molecule has 0 aromatic heterocycles. The van der Waals surface area contributed by atoms with Crippen molar-refractivity contribution in [2.45, 2.75) is 52.9 Å². The van der Waals surface area contributed by atoms with Crippen LogP contribution in [-0.2, 0) is 26.2 Å². The van der Waals surface area contributed by atoms with Gasteiger partial charge >= 0.3 is 0 Å². The van der Waals surface area contributed by atoms with E-state index in [0.29, 0.717) is 0 Å². The number of benzene rings is 2. The first-order valence-electron chi connectivity index (χ1n) is 9.84. The first kappa shape index (κ1) is 20.7. The van der Waals surface area contributed by atoms with Crippen LogP contribution < -0.4 is 15.6 Å². The molecule has 2 aromatic rings. The third-order valence-electron chi connectivity index (χ3n) is 6.14. The Balaban J connectivity index is 0.00000210. The molecule has 2 aromatic carbocycles. The maximum atomic E-state index is 3.79. The first-order chi connectivity index (χ1) is 12.5. The van der Waals surface area contributed by atoms with Gasteiger partial charge in [0, 0.05) is 26.2 Å². The summed E-state index contributed by atoms with van der Waals surface area (Å²) >= 11 is 0. The maximum Gasteiger partial charge on any atom is 0.0719 e. The number of allylic oxidation sites excluding steroid dienone is 2. The van der Waals surface area contributed by atoms with E-state index in [0.717, 1.165) is 5.92 Å². The Morgan fingerprint density at radius 1 is 1.00 bits per heavy atom. The van der Waals surface area contributed by atoms with Crippen LogP contribution in [0, 0.1) is 26.7 Å². The Morgan fingerprint density at radius 3 is 2.48 bits per heavy atom. The van der Waals surface area contributed by atoms with E-state index < -0.39 is 0 Å². The second kappa shape index (κ2) is 8.58. The van der Waals surface area contributed by atoms with Crippen LogP contribution in [0.4, 0.5) is 0 Å². The van der Waals surface area contributed by atoms with Gasteiger partial charge in [-0.2, -0.15) is 0 Å². The normalized spacial score (nSPS) is 17.9. The summed E-state index contributed by atoms with van der Waals surface area (Å²) < 4.78 is 0. The molecular formula is C25H26SiZr-. The van der Waals surface area contributed by atoms with Gasteiger partial charge in [-0.25, -0.2) is 0 Å². The molecule has 0 unspecified atom stereocenters. The summed E-state index contributed by atoms with van der Waals surface area (Å²) in [5.41, 5.74) is 7.93. The summed E-state index contributed by atoms with van der Waals surface area (Å²) in [6.45, 7) is 6.61. The molecule has 135 valence electrons. The van der Waals surface area contributed by atoms with Crippen LogP contribution in [0.3, 0.4) is 0 Å². The minimum atomic E-state index is 0. The average Bonchev–Trinajstić information content (AvgIpc) is 3.06. The van der Waals surface area contributed by atoms with Crippen LogP contribution in [0.25, 0.3) is 23.3 Å². The third kappa shape index (κ3) is 4.08. The van der Waals surface area contributed by atoms with Crippen LogP contribution in [0.5, 0.6) is 0 Å². The van der Waals surface area contributed by atoms with Gasteiger partial charge in [0.15, 0.2) is 0 Å². The molecule has 0 N–H and O–H groups in total. The van der Waals surface area contributed by atoms with Crippen LogP contribution in [0.2, 0.25) is 0 Å². The van der Waals surface area contributed by atoms with E-state index in [1.807, 2.05) is 0 Å². The molecule has 2 aliphatic rings. The molecule has 3 radical (unpaired) electrons. The van der Waals surface area contributed by atoms with E-state index in [4.69, 9.17) is 0 Å². The molecule has 27 heavy (non-hydrogen) atoms.